The Balaban J connectivity index is 1.69. The van der Waals surface area contributed by atoms with E-state index in [2.05, 4.69) is 32.2 Å². The van der Waals surface area contributed by atoms with E-state index in [-0.39, 0.29) is 5.91 Å². The van der Waals surface area contributed by atoms with E-state index in [1.807, 2.05) is 0 Å². The van der Waals surface area contributed by atoms with Gasteiger partial charge in [-0.2, -0.15) is 0 Å². The summed E-state index contributed by atoms with van der Waals surface area (Å²) >= 11 is 0. The van der Waals surface area contributed by atoms with Gasteiger partial charge in [-0.15, -0.1) is 0 Å². The Morgan fingerprint density at radius 1 is 1.33 bits per heavy atom. The second kappa shape index (κ2) is 7.44. The van der Waals surface area contributed by atoms with Crippen molar-refractivity contribution < 1.29 is 9.53 Å². The van der Waals surface area contributed by atoms with Crippen molar-refractivity contribution in [1.82, 2.24) is 5.32 Å². The SMILES string of the molecule is CCCCC1C(C=CC(=O)NCC2CCOCC2)C1(C)C. The molecule has 2 unspecified atom stereocenters. The molecule has 1 amide bonds. The lowest BCUT2D eigenvalue weighted by Gasteiger charge is -2.21. The molecule has 0 aromatic heterocycles. The molecule has 3 nitrogen and oxygen atoms in total. The van der Waals surface area contributed by atoms with Crippen LogP contribution in [0.5, 0.6) is 0 Å². The van der Waals surface area contributed by atoms with E-state index in [1.165, 1.54) is 19.3 Å². The maximum absolute atomic E-state index is 11.9. The van der Waals surface area contributed by atoms with Crippen LogP contribution < -0.4 is 5.32 Å². The van der Waals surface area contributed by atoms with Crippen molar-refractivity contribution >= 4 is 5.91 Å². The zero-order valence-electron chi connectivity index (χ0n) is 13.9. The van der Waals surface area contributed by atoms with Gasteiger partial charge in [0.1, 0.15) is 0 Å². The molecule has 1 N–H and O–H groups in total. The van der Waals surface area contributed by atoms with Crippen LogP contribution >= 0.6 is 0 Å². The van der Waals surface area contributed by atoms with E-state index >= 15 is 0 Å². The van der Waals surface area contributed by atoms with Gasteiger partial charge in [0.25, 0.3) is 0 Å². The van der Waals surface area contributed by atoms with E-state index < -0.39 is 0 Å². The predicted octanol–water partition coefficient (Wildman–Crippen LogP) is 3.55. The van der Waals surface area contributed by atoms with Crippen molar-refractivity contribution in [2.75, 3.05) is 19.8 Å². The van der Waals surface area contributed by atoms with Crippen LogP contribution in [-0.4, -0.2) is 25.7 Å². The molecule has 0 aromatic carbocycles. The van der Waals surface area contributed by atoms with Gasteiger partial charge in [-0.1, -0.05) is 39.7 Å². The Bertz CT molecular complexity index is 369. The molecule has 0 aromatic rings. The lowest BCUT2D eigenvalue weighted by atomic mass is 10.0. The van der Waals surface area contributed by atoms with Crippen molar-refractivity contribution in [2.24, 2.45) is 23.2 Å². The molecular formula is C18H31NO2. The summed E-state index contributed by atoms with van der Waals surface area (Å²) in [6.45, 7) is 9.35. The van der Waals surface area contributed by atoms with E-state index in [9.17, 15) is 4.79 Å². The third-order valence-corrected chi connectivity index (χ3v) is 5.37. The average Bonchev–Trinajstić information content (AvgIpc) is 3.01. The normalized spacial score (nSPS) is 28.7. The molecule has 2 atom stereocenters. The molecule has 2 rings (SSSR count). The number of unbranched alkanes of at least 4 members (excludes halogenated alkanes) is 1. The van der Waals surface area contributed by atoms with E-state index in [0.717, 1.165) is 38.5 Å². The minimum absolute atomic E-state index is 0.0680. The topological polar surface area (TPSA) is 38.3 Å². The number of allylic oxidation sites excluding steroid dienone is 1. The highest BCUT2D eigenvalue weighted by molar-refractivity contribution is 5.87. The van der Waals surface area contributed by atoms with Crippen molar-refractivity contribution in [3.8, 4) is 0 Å². The zero-order chi connectivity index (χ0) is 15.3. The second-order valence-electron chi connectivity index (χ2n) is 7.26. The Morgan fingerprint density at radius 3 is 2.71 bits per heavy atom. The number of rotatable bonds is 7. The third kappa shape index (κ3) is 4.57. The number of hydrogen-bond donors (Lipinski definition) is 1. The van der Waals surface area contributed by atoms with E-state index in [0.29, 0.717) is 17.3 Å². The van der Waals surface area contributed by atoms with Crippen LogP contribution in [-0.2, 0) is 9.53 Å². The highest BCUT2D eigenvalue weighted by Gasteiger charge is 2.54. The van der Waals surface area contributed by atoms with Crippen molar-refractivity contribution in [1.29, 1.82) is 0 Å². The zero-order valence-corrected chi connectivity index (χ0v) is 13.9. The lowest BCUT2D eigenvalue weighted by Crippen LogP contribution is -2.31. The fourth-order valence-corrected chi connectivity index (χ4v) is 3.59. The summed E-state index contributed by atoms with van der Waals surface area (Å²) < 4.78 is 5.33. The van der Waals surface area contributed by atoms with Gasteiger partial charge in [0.15, 0.2) is 0 Å². The minimum Gasteiger partial charge on any atom is -0.381 e. The largest absolute Gasteiger partial charge is 0.381 e. The van der Waals surface area contributed by atoms with Crippen molar-refractivity contribution in [2.45, 2.75) is 52.9 Å². The molecule has 1 saturated carbocycles. The number of nitrogens with one attached hydrogen (secondary N) is 1. The van der Waals surface area contributed by atoms with Crippen LogP contribution in [0.1, 0.15) is 52.9 Å². The van der Waals surface area contributed by atoms with Gasteiger partial charge in [-0.3, -0.25) is 4.79 Å². The molecule has 120 valence electrons. The number of carbonyl (C=O) groups excluding carboxylic acids is 1. The molecule has 2 fully saturated rings. The monoisotopic (exact) mass is 293 g/mol. The Labute approximate surface area is 129 Å². The summed E-state index contributed by atoms with van der Waals surface area (Å²) in [5, 5.41) is 3.04. The molecule has 1 aliphatic heterocycles. The molecule has 2 aliphatic rings. The standard InChI is InChI=1S/C18H31NO2/c1-4-5-6-15-16(18(15,2)3)7-8-17(20)19-13-14-9-11-21-12-10-14/h7-8,14-16H,4-6,9-13H2,1-3H3,(H,19,20). The van der Waals surface area contributed by atoms with Gasteiger partial charge in [0.05, 0.1) is 0 Å². The van der Waals surface area contributed by atoms with Gasteiger partial charge in [-0.05, 0) is 48.5 Å². The number of amides is 1. The summed E-state index contributed by atoms with van der Waals surface area (Å²) in [6.07, 6.45) is 9.89. The van der Waals surface area contributed by atoms with Gasteiger partial charge in [0, 0.05) is 19.8 Å². The van der Waals surface area contributed by atoms with Crippen LogP contribution in [0.4, 0.5) is 0 Å². The molecule has 1 saturated heterocycles. The maximum atomic E-state index is 11.9. The Kier molecular flexibility index (Phi) is 5.86. The predicted molar refractivity (Wildman–Crippen MR) is 86.0 cm³/mol. The first-order chi connectivity index (χ1) is 10.1. The molecule has 0 bridgehead atoms. The van der Waals surface area contributed by atoms with E-state index in [4.69, 9.17) is 4.74 Å². The highest BCUT2D eigenvalue weighted by Crippen LogP contribution is 2.61. The van der Waals surface area contributed by atoms with Crippen molar-refractivity contribution in [3.05, 3.63) is 12.2 Å². The van der Waals surface area contributed by atoms with Crippen LogP contribution in [0.25, 0.3) is 0 Å². The van der Waals surface area contributed by atoms with E-state index in [1.54, 1.807) is 6.08 Å². The van der Waals surface area contributed by atoms with Gasteiger partial charge in [0.2, 0.25) is 5.91 Å². The minimum atomic E-state index is 0.0680. The third-order valence-electron chi connectivity index (χ3n) is 5.37. The van der Waals surface area contributed by atoms with Crippen LogP contribution in [0.2, 0.25) is 0 Å². The van der Waals surface area contributed by atoms with Gasteiger partial charge >= 0.3 is 0 Å². The van der Waals surface area contributed by atoms with Gasteiger partial charge in [-0.25, -0.2) is 0 Å². The molecule has 0 spiro atoms. The van der Waals surface area contributed by atoms with Crippen LogP contribution in [0, 0.1) is 23.2 Å². The maximum Gasteiger partial charge on any atom is 0.243 e. The summed E-state index contributed by atoms with van der Waals surface area (Å²) in [7, 11) is 0. The first kappa shape index (κ1) is 16.5. The molecule has 21 heavy (non-hydrogen) atoms. The van der Waals surface area contributed by atoms with Gasteiger partial charge < -0.3 is 10.1 Å². The Morgan fingerprint density at radius 2 is 2.05 bits per heavy atom. The highest BCUT2D eigenvalue weighted by atomic mass is 16.5. The molecule has 0 radical (unpaired) electrons. The second-order valence-corrected chi connectivity index (χ2v) is 7.26. The van der Waals surface area contributed by atoms with Crippen molar-refractivity contribution in [3.63, 3.8) is 0 Å². The fraction of sp³-hybridized carbons (Fsp3) is 0.833. The quantitative estimate of drug-likeness (QED) is 0.729. The summed E-state index contributed by atoms with van der Waals surface area (Å²) in [6, 6.07) is 0. The summed E-state index contributed by atoms with van der Waals surface area (Å²) in [4.78, 5) is 11.9. The fourth-order valence-electron chi connectivity index (χ4n) is 3.59. The number of carbonyl (C=O) groups is 1. The first-order valence-electron chi connectivity index (χ1n) is 8.59. The first-order valence-corrected chi connectivity index (χ1v) is 8.59. The number of hydrogen-bond acceptors (Lipinski definition) is 2. The smallest absolute Gasteiger partial charge is 0.243 e. The number of ether oxygens (including phenoxy) is 1. The Hall–Kier alpha value is -0.830. The molecule has 3 heteroatoms. The summed E-state index contributed by atoms with van der Waals surface area (Å²) in [5.74, 6) is 2.00. The lowest BCUT2D eigenvalue weighted by molar-refractivity contribution is -0.116. The summed E-state index contributed by atoms with van der Waals surface area (Å²) in [5.41, 5.74) is 0.382. The van der Waals surface area contributed by atoms with Crippen LogP contribution in [0.15, 0.2) is 12.2 Å². The molecule has 1 heterocycles. The molecular weight excluding hydrogens is 262 g/mol. The van der Waals surface area contributed by atoms with Crippen LogP contribution in [0.3, 0.4) is 0 Å². The average molecular weight is 293 g/mol. The molecule has 1 aliphatic carbocycles.